The number of methoxy groups -OCH3 is 1. The molecule has 2 amide bonds. The number of imide groups is 1. The van der Waals surface area contributed by atoms with Gasteiger partial charge in [0.15, 0.2) is 0 Å². The minimum absolute atomic E-state index is 0.0641. The molecule has 2 aromatic carbocycles. The van der Waals surface area contributed by atoms with Crippen molar-refractivity contribution in [2.75, 3.05) is 12.4 Å². The van der Waals surface area contributed by atoms with Crippen LogP contribution in [-0.4, -0.2) is 23.8 Å². The molecule has 0 fully saturated rings. The third-order valence-corrected chi connectivity index (χ3v) is 4.06. The van der Waals surface area contributed by atoms with Gasteiger partial charge in [0.05, 0.1) is 13.7 Å². The van der Waals surface area contributed by atoms with Crippen LogP contribution in [0.2, 0.25) is 0 Å². The number of ether oxygens (including phenoxy) is 1. The molecule has 5 nitrogen and oxygen atoms in total. The summed E-state index contributed by atoms with van der Waals surface area (Å²) in [4.78, 5) is 25.8. The molecule has 1 aliphatic heterocycles. The first-order chi connectivity index (χ1) is 12.0. The third kappa shape index (κ3) is 3.49. The maximum absolute atomic E-state index is 13.3. The van der Waals surface area contributed by atoms with Gasteiger partial charge in [-0.15, -0.1) is 0 Å². The number of nitrogens with zero attached hydrogens (tertiary/aromatic N) is 1. The lowest BCUT2D eigenvalue weighted by Gasteiger charge is -2.15. The van der Waals surface area contributed by atoms with Crippen molar-refractivity contribution >= 4 is 29.1 Å². The minimum atomic E-state index is -0.596. The van der Waals surface area contributed by atoms with Crippen molar-refractivity contribution in [1.82, 2.24) is 4.90 Å². The highest BCUT2D eigenvalue weighted by Crippen LogP contribution is 2.27. The van der Waals surface area contributed by atoms with E-state index >= 15 is 0 Å². The zero-order valence-corrected chi connectivity index (χ0v) is 14.0. The van der Waals surface area contributed by atoms with Crippen LogP contribution in [0.5, 0.6) is 5.75 Å². The molecular formula is C18H14ClFN2O3. The highest BCUT2D eigenvalue weighted by Gasteiger charge is 2.37. The van der Waals surface area contributed by atoms with Crippen molar-refractivity contribution < 1.29 is 18.7 Å². The van der Waals surface area contributed by atoms with Crippen molar-refractivity contribution in [3.8, 4) is 5.75 Å². The Morgan fingerprint density at radius 1 is 1.12 bits per heavy atom. The highest BCUT2D eigenvalue weighted by molar-refractivity contribution is 6.48. The highest BCUT2D eigenvalue weighted by atomic mass is 35.5. The molecule has 0 aliphatic carbocycles. The number of hydrogen-bond acceptors (Lipinski definition) is 4. The maximum Gasteiger partial charge on any atom is 0.279 e. The quantitative estimate of drug-likeness (QED) is 0.831. The van der Waals surface area contributed by atoms with E-state index in [1.54, 1.807) is 37.4 Å². The van der Waals surface area contributed by atoms with Crippen molar-refractivity contribution in [3.63, 3.8) is 0 Å². The summed E-state index contributed by atoms with van der Waals surface area (Å²) < 4.78 is 18.4. The summed E-state index contributed by atoms with van der Waals surface area (Å²) in [5.74, 6) is -0.947. The Morgan fingerprint density at radius 3 is 2.48 bits per heavy atom. The molecule has 3 rings (SSSR count). The van der Waals surface area contributed by atoms with E-state index in [1.165, 1.54) is 18.2 Å². The predicted molar refractivity (Wildman–Crippen MR) is 91.5 cm³/mol. The monoisotopic (exact) mass is 360 g/mol. The van der Waals surface area contributed by atoms with Gasteiger partial charge in [0.25, 0.3) is 11.8 Å². The normalized spacial score (nSPS) is 14.3. The molecule has 2 aromatic rings. The second-order valence-corrected chi connectivity index (χ2v) is 5.75. The molecule has 1 N–H and O–H groups in total. The predicted octanol–water partition coefficient (Wildman–Crippen LogP) is 3.27. The second-order valence-electron chi connectivity index (χ2n) is 5.37. The number of benzene rings is 2. The van der Waals surface area contributed by atoms with Gasteiger partial charge in [0, 0.05) is 5.69 Å². The van der Waals surface area contributed by atoms with E-state index in [1.807, 2.05) is 0 Å². The lowest BCUT2D eigenvalue weighted by molar-refractivity contribution is -0.138. The molecule has 0 saturated heterocycles. The average molecular weight is 361 g/mol. The summed E-state index contributed by atoms with van der Waals surface area (Å²) in [7, 11) is 1.55. The molecule has 1 heterocycles. The Labute approximate surface area is 148 Å². The van der Waals surface area contributed by atoms with Crippen LogP contribution in [0.25, 0.3) is 0 Å². The molecule has 128 valence electrons. The van der Waals surface area contributed by atoms with Gasteiger partial charge in [-0.05, 0) is 35.9 Å². The molecule has 0 aromatic heterocycles. The number of nitrogens with one attached hydrogen (secondary N) is 1. The lowest BCUT2D eigenvalue weighted by Crippen LogP contribution is -2.31. The van der Waals surface area contributed by atoms with Crippen LogP contribution in [0.1, 0.15) is 5.56 Å². The van der Waals surface area contributed by atoms with E-state index in [4.69, 9.17) is 16.3 Å². The van der Waals surface area contributed by atoms with Crippen LogP contribution in [0.4, 0.5) is 10.1 Å². The number of halogens is 2. The number of hydrogen-bond donors (Lipinski definition) is 1. The van der Waals surface area contributed by atoms with E-state index in [0.29, 0.717) is 11.4 Å². The number of carbonyl (C=O) groups is 2. The molecule has 0 spiro atoms. The molecule has 0 unspecified atom stereocenters. The summed E-state index contributed by atoms with van der Waals surface area (Å²) in [6, 6.07) is 12.5. The van der Waals surface area contributed by atoms with E-state index in [2.05, 4.69) is 5.32 Å². The first kappa shape index (κ1) is 17.0. The summed E-state index contributed by atoms with van der Waals surface area (Å²) in [6.45, 7) is 0.0756. The first-order valence-corrected chi connectivity index (χ1v) is 7.79. The fourth-order valence-corrected chi connectivity index (χ4v) is 2.65. The molecule has 0 atom stereocenters. The Bertz CT molecular complexity index is 865. The van der Waals surface area contributed by atoms with Gasteiger partial charge in [0.1, 0.15) is 22.3 Å². The van der Waals surface area contributed by atoms with Gasteiger partial charge >= 0.3 is 0 Å². The van der Waals surface area contributed by atoms with Crippen LogP contribution in [0, 0.1) is 5.82 Å². The topological polar surface area (TPSA) is 58.6 Å². The fourth-order valence-electron chi connectivity index (χ4n) is 2.42. The van der Waals surface area contributed by atoms with Gasteiger partial charge in [-0.1, -0.05) is 29.8 Å². The summed E-state index contributed by atoms with van der Waals surface area (Å²) in [5, 5.41) is 2.50. The van der Waals surface area contributed by atoms with Crippen LogP contribution >= 0.6 is 11.6 Å². The Balaban J connectivity index is 1.78. The lowest BCUT2D eigenvalue weighted by atomic mass is 10.2. The Kier molecular flexibility index (Phi) is 4.72. The average Bonchev–Trinajstić information content (AvgIpc) is 2.80. The number of anilines is 1. The third-order valence-electron chi connectivity index (χ3n) is 3.71. The fraction of sp³-hybridized carbons (Fsp3) is 0.111. The standard InChI is InChI=1S/C18H14ClFN2O3/c1-25-14-7-5-11(6-8-14)10-22-17(23)15(19)16(18(22)24)21-13-4-2-3-12(20)9-13/h2-9,21H,10H2,1H3. The van der Waals surface area contributed by atoms with Gasteiger partial charge in [-0.2, -0.15) is 0 Å². The van der Waals surface area contributed by atoms with Crippen LogP contribution < -0.4 is 10.1 Å². The van der Waals surface area contributed by atoms with Gasteiger partial charge < -0.3 is 10.1 Å². The van der Waals surface area contributed by atoms with E-state index in [-0.39, 0.29) is 17.3 Å². The van der Waals surface area contributed by atoms with Crippen LogP contribution in [-0.2, 0) is 16.1 Å². The Hall–Kier alpha value is -2.86. The molecule has 7 heteroatoms. The van der Waals surface area contributed by atoms with Gasteiger partial charge in [-0.25, -0.2) is 4.39 Å². The van der Waals surface area contributed by atoms with Crippen LogP contribution in [0.3, 0.4) is 0 Å². The molecular weight excluding hydrogens is 347 g/mol. The van der Waals surface area contributed by atoms with Crippen molar-refractivity contribution in [2.24, 2.45) is 0 Å². The molecule has 0 bridgehead atoms. The van der Waals surface area contributed by atoms with E-state index < -0.39 is 17.6 Å². The number of rotatable bonds is 5. The SMILES string of the molecule is COc1ccc(CN2C(=O)C(Cl)=C(Nc3cccc(F)c3)C2=O)cc1. The second kappa shape index (κ2) is 6.94. The summed E-state index contributed by atoms with van der Waals surface area (Å²) >= 11 is 6.01. The molecule has 0 radical (unpaired) electrons. The summed E-state index contributed by atoms with van der Waals surface area (Å²) in [5.41, 5.74) is 1.02. The van der Waals surface area contributed by atoms with Crippen LogP contribution in [0.15, 0.2) is 59.3 Å². The zero-order chi connectivity index (χ0) is 18.0. The number of carbonyl (C=O) groups excluding carboxylic acids is 2. The first-order valence-electron chi connectivity index (χ1n) is 7.41. The molecule has 1 aliphatic rings. The van der Waals surface area contributed by atoms with E-state index in [0.717, 1.165) is 10.5 Å². The van der Waals surface area contributed by atoms with Gasteiger partial charge in [0.2, 0.25) is 0 Å². The van der Waals surface area contributed by atoms with Crippen molar-refractivity contribution in [1.29, 1.82) is 0 Å². The number of amides is 2. The zero-order valence-electron chi connectivity index (χ0n) is 13.3. The van der Waals surface area contributed by atoms with Gasteiger partial charge in [-0.3, -0.25) is 14.5 Å². The smallest absolute Gasteiger partial charge is 0.279 e. The van der Waals surface area contributed by atoms with E-state index in [9.17, 15) is 14.0 Å². The Morgan fingerprint density at radius 2 is 1.84 bits per heavy atom. The van der Waals surface area contributed by atoms with Crippen molar-refractivity contribution in [2.45, 2.75) is 6.54 Å². The minimum Gasteiger partial charge on any atom is -0.497 e. The van der Waals surface area contributed by atoms with Crippen molar-refractivity contribution in [3.05, 3.63) is 70.6 Å². The molecule has 0 saturated carbocycles. The summed E-state index contributed by atoms with van der Waals surface area (Å²) in [6.07, 6.45) is 0. The molecule has 25 heavy (non-hydrogen) atoms. The maximum atomic E-state index is 13.3. The largest absolute Gasteiger partial charge is 0.497 e.